The van der Waals surface area contributed by atoms with Crippen LogP contribution in [-0.2, 0) is 49.3 Å². The Bertz CT molecular complexity index is 1580. The van der Waals surface area contributed by atoms with Crippen molar-refractivity contribution < 1.29 is 52.7 Å². The fourth-order valence-corrected chi connectivity index (χ4v) is 6.77. The molecule has 5 N–H and O–H groups in total. The van der Waals surface area contributed by atoms with E-state index in [1.165, 1.54) is 9.80 Å². The van der Waals surface area contributed by atoms with Crippen molar-refractivity contribution in [1.82, 2.24) is 25.4 Å². The number of nitrogens with two attached hydrogens (primary N) is 1. The number of amides is 4. The molecule has 0 saturated carbocycles. The summed E-state index contributed by atoms with van der Waals surface area (Å²) in [4.78, 5) is 61.7. The number of β-amino-alcohol motifs (C(OH)–C–C–N with tert-alkyl or cyclic N) is 1. The lowest BCUT2D eigenvalue weighted by molar-refractivity contribution is -0.144. The number of aryl methyl sites for hydroxylation is 1. The number of nitrogens with zero attached hydrogens (tertiary/aromatic N) is 3. The van der Waals surface area contributed by atoms with E-state index in [0.29, 0.717) is 52.8 Å². The minimum atomic E-state index is -1.02. The van der Waals surface area contributed by atoms with Gasteiger partial charge in [0.2, 0.25) is 17.7 Å². The second-order valence-electron chi connectivity index (χ2n) is 16.2. The molecule has 0 spiro atoms. The van der Waals surface area contributed by atoms with Gasteiger partial charge in [-0.05, 0) is 44.2 Å². The van der Waals surface area contributed by atoms with Gasteiger partial charge >= 0.3 is 6.09 Å². The molecule has 1 aromatic heterocycles. The lowest BCUT2D eigenvalue weighted by Gasteiger charge is -2.35. The Kier molecular flexibility index (Phi) is 21.1. The SMILES string of the molecule is Cc1ncsc1-c1ccc(CNC(=O)C2CC(O)CN2C(=O)C(NC(=O)COCCN(CCOCCOCCOCCOCCN)C(=O)OC(C)(C)C)C(C)(C)C)cc1. The van der Waals surface area contributed by atoms with Crippen molar-refractivity contribution in [3.63, 3.8) is 0 Å². The van der Waals surface area contributed by atoms with Crippen molar-refractivity contribution in [2.75, 3.05) is 92.2 Å². The molecule has 1 aliphatic rings. The van der Waals surface area contributed by atoms with Gasteiger partial charge in [0, 0.05) is 39.1 Å². The summed E-state index contributed by atoms with van der Waals surface area (Å²) >= 11 is 1.56. The van der Waals surface area contributed by atoms with E-state index in [-0.39, 0.29) is 52.4 Å². The molecule has 2 heterocycles. The van der Waals surface area contributed by atoms with Crippen molar-refractivity contribution in [2.24, 2.45) is 11.1 Å². The summed E-state index contributed by atoms with van der Waals surface area (Å²) in [5.74, 6) is -1.42. The van der Waals surface area contributed by atoms with Crippen LogP contribution in [0.5, 0.6) is 0 Å². The number of aromatic nitrogens is 1. The van der Waals surface area contributed by atoms with Gasteiger partial charge in [0.15, 0.2) is 0 Å². The van der Waals surface area contributed by atoms with Crippen LogP contribution in [0.1, 0.15) is 59.2 Å². The molecule has 1 fully saturated rings. The molecule has 17 nitrogen and oxygen atoms in total. The molecule has 18 heteroatoms. The zero-order chi connectivity index (χ0) is 43.4. The molecule has 332 valence electrons. The van der Waals surface area contributed by atoms with E-state index in [4.69, 9.17) is 34.2 Å². The Morgan fingerprint density at radius 3 is 2.02 bits per heavy atom. The molecule has 59 heavy (non-hydrogen) atoms. The third kappa shape index (κ3) is 18.2. The number of carbonyl (C=O) groups is 4. The lowest BCUT2D eigenvalue weighted by atomic mass is 9.85. The number of aliphatic hydroxyl groups excluding tert-OH is 1. The molecule has 3 rings (SSSR count). The third-order valence-corrected chi connectivity index (χ3v) is 9.96. The fourth-order valence-electron chi connectivity index (χ4n) is 5.96. The van der Waals surface area contributed by atoms with E-state index in [0.717, 1.165) is 21.7 Å². The van der Waals surface area contributed by atoms with E-state index >= 15 is 0 Å². The molecular formula is C41H66N6O11S. The molecule has 4 amide bonds. The summed E-state index contributed by atoms with van der Waals surface area (Å²) in [6.07, 6.45) is -1.38. The number of carbonyl (C=O) groups excluding carboxylic acids is 4. The molecule has 3 unspecified atom stereocenters. The van der Waals surface area contributed by atoms with Crippen LogP contribution in [0.15, 0.2) is 29.8 Å². The first-order valence-electron chi connectivity index (χ1n) is 20.1. The highest BCUT2D eigenvalue weighted by molar-refractivity contribution is 7.13. The first kappa shape index (κ1) is 49.6. The molecule has 0 bridgehead atoms. The number of rotatable bonds is 25. The van der Waals surface area contributed by atoms with Crippen molar-refractivity contribution in [3.05, 3.63) is 41.0 Å². The van der Waals surface area contributed by atoms with Gasteiger partial charge in [-0.3, -0.25) is 14.4 Å². The van der Waals surface area contributed by atoms with E-state index in [9.17, 15) is 24.3 Å². The van der Waals surface area contributed by atoms with Crippen LogP contribution < -0.4 is 16.4 Å². The van der Waals surface area contributed by atoms with Crippen molar-refractivity contribution in [1.29, 1.82) is 0 Å². The van der Waals surface area contributed by atoms with E-state index < -0.39 is 53.0 Å². The topological polar surface area (TPSA) is 213 Å². The predicted octanol–water partition coefficient (Wildman–Crippen LogP) is 2.51. The van der Waals surface area contributed by atoms with Crippen molar-refractivity contribution in [2.45, 2.75) is 85.2 Å². The molecule has 1 aromatic carbocycles. The standard InChI is InChI=1S/C41H66N6O11S/c1-29-35(59-28-44-29)31-10-8-30(9-11-31)25-43-37(50)33-24-32(48)26-47(33)38(51)36(40(2,3)4)45-34(49)27-57-17-14-46(39(52)58-41(5,6)7)13-16-54-19-21-56-23-22-55-20-18-53-15-12-42/h8-11,28,32-33,36,48H,12-27,42H2,1-7H3,(H,43,50)(H,45,49). The van der Waals surface area contributed by atoms with Gasteiger partial charge in [-0.15, -0.1) is 11.3 Å². The van der Waals surface area contributed by atoms with Crippen LogP contribution >= 0.6 is 11.3 Å². The first-order chi connectivity index (χ1) is 28.0. The normalized spacial score (nSPS) is 16.2. The predicted molar refractivity (Wildman–Crippen MR) is 223 cm³/mol. The summed E-state index contributed by atoms with van der Waals surface area (Å²) < 4.78 is 33.0. The van der Waals surface area contributed by atoms with Crippen LogP contribution in [0.2, 0.25) is 0 Å². The minimum absolute atomic E-state index is 0.00927. The van der Waals surface area contributed by atoms with Crippen molar-refractivity contribution in [3.8, 4) is 10.4 Å². The fraction of sp³-hybridized carbons (Fsp3) is 0.683. The van der Waals surface area contributed by atoms with Crippen LogP contribution in [0, 0.1) is 12.3 Å². The van der Waals surface area contributed by atoms with Gasteiger partial charge in [0.05, 0.1) is 81.6 Å². The molecule has 1 saturated heterocycles. The first-order valence-corrected chi connectivity index (χ1v) is 21.0. The number of ether oxygens (including phenoxy) is 6. The maximum absolute atomic E-state index is 14.0. The molecule has 3 atom stereocenters. The maximum atomic E-state index is 14.0. The number of likely N-dealkylation sites (tertiary alicyclic amines) is 1. The summed E-state index contributed by atoms with van der Waals surface area (Å²) in [6.45, 7) is 16.5. The maximum Gasteiger partial charge on any atom is 0.410 e. The van der Waals surface area contributed by atoms with Crippen molar-refractivity contribution >= 4 is 35.2 Å². The highest BCUT2D eigenvalue weighted by Crippen LogP contribution is 2.28. The van der Waals surface area contributed by atoms with Gasteiger partial charge in [-0.2, -0.15) is 0 Å². The second-order valence-corrected chi connectivity index (χ2v) is 17.1. The van der Waals surface area contributed by atoms with E-state index in [1.54, 1.807) is 58.4 Å². The van der Waals surface area contributed by atoms with Crippen LogP contribution in [-0.4, -0.2) is 160 Å². The summed E-state index contributed by atoms with van der Waals surface area (Å²) in [7, 11) is 0. The number of hydrogen-bond donors (Lipinski definition) is 4. The Balaban J connectivity index is 1.46. The quantitative estimate of drug-likeness (QED) is 0.106. The molecule has 1 aliphatic heterocycles. The van der Waals surface area contributed by atoms with Crippen LogP contribution in [0.3, 0.4) is 0 Å². The number of hydrogen-bond acceptors (Lipinski definition) is 14. The molecule has 0 radical (unpaired) electrons. The van der Waals surface area contributed by atoms with Gasteiger partial charge < -0.3 is 59.7 Å². The minimum Gasteiger partial charge on any atom is -0.444 e. The van der Waals surface area contributed by atoms with E-state index in [2.05, 4.69) is 15.6 Å². The molecule has 0 aliphatic carbocycles. The van der Waals surface area contributed by atoms with Gasteiger partial charge in [-0.25, -0.2) is 9.78 Å². The monoisotopic (exact) mass is 850 g/mol. The molecular weight excluding hydrogens is 785 g/mol. The number of thiazole rings is 1. The Hall–Kier alpha value is -3.75. The van der Waals surface area contributed by atoms with Gasteiger partial charge in [0.1, 0.15) is 24.3 Å². The largest absolute Gasteiger partial charge is 0.444 e. The zero-order valence-electron chi connectivity index (χ0n) is 35.8. The van der Waals surface area contributed by atoms with Gasteiger partial charge in [0.25, 0.3) is 0 Å². The Labute approximate surface area is 352 Å². The van der Waals surface area contributed by atoms with Gasteiger partial charge in [-0.1, -0.05) is 45.0 Å². The number of aliphatic hydroxyl groups is 1. The summed E-state index contributed by atoms with van der Waals surface area (Å²) in [6, 6.07) is 5.89. The molecule has 2 aromatic rings. The highest BCUT2D eigenvalue weighted by atomic mass is 32.1. The van der Waals surface area contributed by atoms with Crippen LogP contribution in [0.4, 0.5) is 4.79 Å². The number of nitrogens with one attached hydrogen (secondary N) is 2. The summed E-state index contributed by atoms with van der Waals surface area (Å²) in [5.41, 5.74) is 8.58. The Morgan fingerprint density at radius 1 is 0.898 bits per heavy atom. The van der Waals surface area contributed by atoms with E-state index in [1.807, 2.05) is 31.2 Å². The number of benzene rings is 1. The Morgan fingerprint density at radius 2 is 1.47 bits per heavy atom. The lowest BCUT2D eigenvalue weighted by Crippen LogP contribution is -2.58. The smallest absolute Gasteiger partial charge is 0.410 e. The zero-order valence-corrected chi connectivity index (χ0v) is 36.6. The average molecular weight is 851 g/mol. The highest BCUT2D eigenvalue weighted by Gasteiger charge is 2.44. The summed E-state index contributed by atoms with van der Waals surface area (Å²) in [5, 5.41) is 16.3. The second kappa shape index (κ2) is 25.1. The average Bonchev–Trinajstić information content (AvgIpc) is 3.79. The third-order valence-electron chi connectivity index (χ3n) is 8.99. The van der Waals surface area contributed by atoms with Crippen LogP contribution in [0.25, 0.3) is 10.4 Å².